The van der Waals surface area contributed by atoms with E-state index in [0.717, 1.165) is 37.8 Å². The van der Waals surface area contributed by atoms with Gasteiger partial charge in [-0.1, -0.05) is 34.1 Å². The molecule has 2 aliphatic carbocycles. The van der Waals surface area contributed by atoms with Crippen LogP contribution in [0.3, 0.4) is 0 Å². The van der Waals surface area contributed by atoms with Gasteiger partial charge in [-0.15, -0.1) is 0 Å². The molecule has 2 atom stereocenters. The number of ketones is 1. The Bertz CT molecular complexity index is 327. The lowest BCUT2D eigenvalue weighted by molar-refractivity contribution is -0.127. The Morgan fingerprint density at radius 2 is 1.90 bits per heavy atom. The van der Waals surface area contributed by atoms with Crippen LogP contribution in [-0.4, -0.2) is 29.8 Å². The van der Waals surface area contributed by atoms with E-state index in [1.807, 2.05) is 0 Å². The van der Waals surface area contributed by atoms with Crippen molar-refractivity contribution >= 4 is 5.78 Å². The van der Waals surface area contributed by atoms with Crippen molar-refractivity contribution in [1.29, 1.82) is 0 Å². The van der Waals surface area contributed by atoms with E-state index in [2.05, 4.69) is 32.6 Å². The molecule has 2 rings (SSSR count). The fourth-order valence-electron chi connectivity index (χ4n) is 3.58. The van der Waals surface area contributed by atoms with Crippen LogP contribution in [0.2, 0.25) is 0 Å². The maximum Gasteiger partial charge on any atom is 0.137 e. The molecule has 0 spiro atoms. The second-order valence-electron chi connectivity index (χ2n) is 8.08. The van der Waals surface area contributed by atoms with E-state index in [0.29, 0.717) is 17.1 Å². The number of nitrogens with zero attached hydrogens (tertiary/aromatic N) is 1. The topological polar surface area (TPSA) is 20.3 Å². The summed E-state index contributed by atoms with van der Waals surface area (Å²) in [6.07, 6.45) is 8.29. The fourth-order valence-corrected chi connectivity index (χ4v) is 3.58. The molecular formula is C18H33NO. The molecular weight excluding hydrogens is 246 g/mol. The summed E-state index contributed by atoms with van der Waals surface area (Å²) in [4.78, 5) is 14.9. The number of hydrogen-bond acceptors (Lipinski definition) is 2. The molecule has 2 heteroatoms. The largest absolute Gasteiger partial charge is 0.300 e. The highest BCUT2D eigenvalue weighted by Gasteiger charge is 2.37. The molecule has 0 aromatic heterocycles. The van der Waals surface area contributed by atoms with E-state index in [1.165, 1.54) is 32.2 Å². The Kier molecular flexibility index (Phi) is 5.28. The van der Waals surface area contributed by atoms with Gasteiger partial charge in [-0.25, -0.2) is 0 Å². The van der Waals surface area contributed by atoms with Crippen LogP contribution in [0.4, 0.5) is 0 Å². The van der Waals surface area contributed by atoms with Gasteiger partial charge in [-0.3, -0.25) is 9.69 Å². The Hall–Kier alpha value is -0.370. The SMILES string of the molecule is CCCCN(CC1CC(C(C)(C)C)CCC1=O)C1CC1. The van der Waals surface area contributed by atoms with Crippen LogP contribution in [0.1, 0.15) is 72.6 Å². The molecule has 0 saturated heterocycles. The predicted octanol–water partition coefficient (Wildman–Crippen LogP) is 4.28. The van der Waals surface area contributed by atoms with Crippen LogP contribution < -0.4 is 0 Å². The molecule has 0 aromatic carbocycles. The van der Waals surface area contributed by atoms with Crippen molar-refractivity contribution in [2.24, 2.45) is 17.3 Å². The molecule has 116 valence electrons. The lowest BCUT2D eigenvalue weighted by Crippen LogP contribution is -2.40. The van der Waals surface area contributed by atoms with E-state index >= 15 is 0 Å². The first kappa shape index (κ1) is 16.0. The molecule has 0 radical (unpaired) electrons. The van der Waals surface area contributed by atoms with Crippen molar-refractivity contribution in [3.8, 4) is 0 Å². The van der Waals surface area contributed by atoms with Gasteiger partial charge in [0.05, 0.1) is 0 Å². The highest BCUT2D eigenvalue weighted by molar-refractivity contribution is 5.82. The van der Waals surface area contributed by atoms with Crippen molar-refractivity contribution in [2.75, 3.05) is 13.1 Å². The minimum absolute atomic E-state index is 0.311. The molecule has 0 bridgehead atoms. The van der Waals surface area contributed by atoms with E-state index in [4.69, 9.17) is 0 Å². The van der Waals surface area contributed by atoms with Gasteiger partial charge in [0.1, 0.15) is 5.78 Å². The van der Waals surface area contributed by atoms with Crippen LogP contribution in [-0.2, 0) is 4.79 Å². The van der Waals surface area contributed by atoms with Crippen molar-refractivity contribution in [3.63, 3.8) is 0 Å². The number of rotatable bonds is 6. The highest BCUT2D eigenvalue weighted by atomic mass is 16.1. The molecule has 0 heterocycles. The zero-order valence-electron chi connectivity index (χ0n) is 14.0. The van der Waals surface area contributed by atoms with Gasteiger partial charge in [0.25, 0.3) is 0 Å². The van der Waals surface area contributed by atoms with Crippen LogP contribution in [0, 0.1) is 17.3 Å². The molecule has 2 nitrogen and oxygen atoms in total. The van der Waals surface area contributed by atoms with Gasteiger partial charge in [0, 0.05) is 24.9 Å². The number of hydrogen-bond donors (Lipinski definition) is 0. The van der Waals surface area contributed by atoms with Crippen molar-refractivity contribution in [2.45, 2.75) is 78.7 Å². The maximum absolute atomic E-state index is 12.3. The third-order valence-electron chi connectivity index (χ3n) is 5.31. The predicted molar refractivity (Wildman–Crippen MR) is 84.8 cm³/mol. The lowest BCUT2D eigenvalue weighted by atomic mass is 9.68. The quantitative estimate of drug-likeness (QED) is 0.723. The maximum atomic E-state index is 12.3. The zero-order chi connectivity index (χ0) is 14.8. The summed E-state index contributed by atoms with van der Waals surface area (Å²) in [7, 11) is 0. The third kappa shape index (κ3) is 4.31. The second kappa shape index (κ2) is 6.60. The highest BCUT2D eigenvalue weighted by Crippen LogP contribution is 2.40. The van der Waals surface area contributed by atoms with Crippen LogP contribution in [0.15, 0.2) is 0 Å². The summed E-state index contributed by atoms with van der Waals surface area (Å²) in [5.41, 5.74) is 0.354. The van der Waals surface area contributed by atoms with Crippen LogP contribution in [0.25, 0.3) is 0 Å². The second-order valence-corrected chi connectivity index (χ2v) is 8.08. The molecule has 2 saturated carbocycles. The molecule has 2 aliphatic rings. The molecule has 2 fully saturated rings. The van der Waals surface area contributed by atoms with E-state index in [-0.39, 0.29) is 0 Å². The Morgan fingerprint density at radius 3 is 2.45 bits per heavy atom. The summed E-state index contributed by atoms with van der Waals surface area (Å²) in [5.74, 6) is 1.57. The van der Waals surface area contributed by atoms with E-state index in [1.54, 1.807) is 0 Å². The summed E-state index contributed by atoms with van der Waals surface area (Å²) in [5, 5.41) is 0. The zero-order valence-corrected chi connectivity index (χ0v) is 14.0. The number of unbranched alkanes of at least 4 members (excludes halogenated alkanes) is 1. The van der Waals surface area contributed by atoms with Gasteiger partial charge in [0.15, 0.2) is 0 Å². The number of carbonyl (C=O) groups excluding carboxylic acids is 1. The molecule has 0 aromatic rings. The Balaban J connectivity index is 1.92. The van der Waals surface area contributed by atoms with Crippen molar-refractivity contribution < 1.29 is 4.79 Å². The lowest BCUT2D eigenvalue weighted by Gasteiger charge is -2.38. The number of carbonyl (C=O) groups is 1. The van der Waals surface area contributed by atoms with E-state index < -0.39 is 0 Å². The summed E-state index contributed by atoms with van der Waals surface area (Å²) < 4.78 is 0. The minimum Gasteiger partial charge on any atom is -0.300 e. The van der Waals surface area contributed by atoms with Gasteiger partial charge in [-0.2, -0.15) is 0 Å². The van der Waals surface area contributed by atoms with Crippen LogP contribution in [0.5, 0.6) is 0 Å². The van der Waals surface area contributed by atoms with Crippen molar-refractivity contribution in [1.82, 2.24) is 4.90 Å². The molecule has 0 aliphatic heterocycles. The summed E-state index contributed by atoms with van der Waals surface area (Å²) in [6.45, 7) is 11.5. The molecule has 20 heavy (non-hydrogen) atoms. The Labute approximate surface area is 125 Å². The Morgan fingerprint density at radius 1 is 1.20 bits per heavy atom. The van der Waals surface area contributed by atoms with Gasteiger partial charge < -0.3 is 0 Å². The molecule has 2 unspecified atom stereocenters. The normalized spacial score (nSPS) is 28.1. The monoisotopic (exact) mass is 279 g/mol. The average Bonchev–Trinajstić information content (AvgIpc) is 3.19. The first-order valence-corrected chi connectivity index (χ1v) is 8.68. The van der Waals surface area contributed by atoms with Gasteiger partial charge in [0.2, 0.25) is 0 Å². The number of Topliss-reactive ketones (excluding diaryl/α,β-unsaturated/α-hetero) is 1. The first-order chi connectivity index (χ1) is 9.41. The summed E-state index contributed by atoms with van der Waals surface area (Å²) >= 11 is 0. The van der Waals surface area contributed by atoms with Gasteiger partial charge >= 0.3 is 0 Å². The summed E-state index contributed by atoms with van der Waals surface area (Å²) in [6, 6.07) is 0.796. The molecule has 0 amide bonds. The van der Waals surface area contributed by atoms with Crippen molar-refractivity contribution in [3.05, 3.63) is 0 Å². The molecule has 0 N–H and O–H groups in total. The third-order valence-corrected chi connectivity index (χ3v) is 5.31. The van der Waals surface area contributed by atoms with E-state index in [9.17, 15) is 4.79 Å². The van der Waals surface area contributed by atoms with Gasteiger partial charge in [-0.05, 0) is 50.0 Å². The van der Waals surface area contributed by atoms with Crippen LogP contribution >= 0.6 is 0 Å². The fraction of sp³-hybridized carbons (Fsp3) is 0.944. The smallest absolute Gasteiger partial charge is 0.137 e. The minimum atomic E-state index is 0.311. The standard InChI is InChI=1S/C18H33NO/c1-5-6-11-19(16-8-9-16)13-14-12-15(18(2,3)4)7-10-17(14)20/h14-16H,5-13H2,1-4H3. The average molecular weight is 279 g/mol. The first-order valence-electron chi connectivity index (χ1n) is 8.68.